The summed E-state index contributed by atoms with van der Waals surface area (Å²) in [5, 5.41) is 4.75. The smallest absolute Gasteiger partial charge is 0.239 e. The molecule has 0 saturated carbocycles. The van der Waals surface area contributed by atoms with Gasteiger partial charge in [-0.2, -0.15) is 0 Å². The van der Waals surface area contributed by atoms with Gasteiger partial charge in [-0.25, -0.2) is 0 Å². The summed E-state index contributed by atoms with van der Waals surface area (Å²) >= 11 is 1.62. The first-order valence-electron chi connectivity index (χ1n) is 4.10. The van der Waals surface area contributed by atoms with Gasteiger partial charge in [0.2, 0.25) is 5.91 Å². The maximum absolute atomic E-state index is 11.3. The number of hydrogen-bond acceptors (Lipinski definition) is 3. The van der Waals surface area contributed by atoms with E-state index in [1.54, 1.807) is 25.2 Å². The Morgan fingerprint density at radius 2 is 2.38 bits per heavy atom. The molecule has 0 atom stereocenters. The van der Waals surface area contributed by atoms with E-state index >= 15 is 0 Å². The molecule has 0 saturated heterocycles. The summed E-state index contributed by atoms with van der Waals surface area (Å²) in [6.07, 6.45) is 0. The van der Waals surface area contributed by atoms with E-state index in [0.717, 1.165) is 4.88 Å². The molecular formula is C9H14N2OS. The maximum atomic E-state index is 11.3. The summed E-state index contributed by atoms with van der Waals surface area (Å²) < 4.78 is 0. The van der Waals surface area contributed by atoms with Crippen LogP contribution in [0.25, 0.3) is 0 Å². The van der Waals surface area contributed by atoms with Gasteiger partial charge in [0.25, 0.3) is 0 Å². The molecule has 72 valence electrons. The highest BCUT2D eigenvalue weighted by Gasteiger charge is 2.20. The highest BCUT2D eigenvalue weighted by molar-refractivity contribution is 7.09. The summed E-state index contributed by atoms with van der Waals surface area (Å²) in [7, 11) is 0. The van der Waals surface area contributed by atoms with Gasteiger partial charge < -0.3 is 11.1 Å². The molecule has 1 aromatic rings. The van der Waals surface area contributed by atoms with Crippen molar-refractivity contribution in [1.82, 2.24) is 5.32 Å². The largest absolute Gasteiger partial charge is 0.350 e. The minimum absolute atomic E-state index is 0.124. The molecule has 0 bridgehead atoms. The van der Waals surface area contributed by atoms with Crippen LogP contribution in [0.15, 0.2) is 17.5 Å². The highest BCUT2D eigenvalue weighted by Crippen LogP contribution is 2.08. The van der Waals surface area contributed by atoms with E-state index in [2.05, 4.69) is 5.32 Å². The molecule has 3 N–H and O–H groups in total. The fourth-order valence-corrected chi connectivity index (χ4v) is 1.45. The molecule has 0 aromatic carbocycles. The standard InChI is InChI=1S/C9H14N2OS/c1-9(2,10)8(12)11-6-7-4-3-5-13-7/h3-5H,6,10H2,1-2H3,(H,11,12). The summed E-state index contributed by atoms with van der Waals surface area (Å²) in [6, 6.07) is 3.94. The van der Waals surface area contributed by atoms with Gasteiger partial charge in [0.05, 0.1) is 12.1 Å². The van der Waals surface area contributed by atoms with E-state index in [0.29, 0.717) is 6.54 Å². The van der Waals surface area contributed by atoms with Crippen LogP contribution >= 0.6 is 11.3 Å². The van der Waals surface area contributed by atoms with Crippen molar-refractivity contribution in [3.05, 3.63) is 22.4 Å². The zero-order valence-corrected chi connectivity index (χ0v) is 8.65. The van der Waals surface area contributed by atoms with E-state index in [4.69, 9.17) is 5.73 Å². The Kier molecular flexibility index (Phi) is 3.06. The minimum Gasteiger partial charge on any atom is -0.350 e. The molecule has 0 aliphatic rings. The van der Waals surface area contributed by atoms with Gasteiger partial charge in [-0.3, -0.25) is 4.79 Å². The third-order valence-electron chi connectivity index (χ3n) is 1.59. The van der Waals surface area contributed by atoms with Gasteiger partial charge >= 0.3 is 0 Å². The SMILES string of the molecule is CC(C)(N)C(=O)NCc1cccs1. The van der Waals surface area contributed by atoms with Crippen LogP contribution in [0.1, 0.15) is 18.7 Å². The zero-order chi connectivity index (χ0) is 9.90. The van der Waals surface area contributed by atoms with Crippen LogP contribution in [-0.2, 0) is 11.3 Å². The fourth-order valence-electron chi connectivity index (χ4n) is 0.808. The minimum atomic E-state index is -0.794. The van der Waals surface area contributed by atoms with Crippen LogP contribution < -0.4 is 11.1 Å². The van der Waals surface area contributed by atoms with Gasteiger partial charge in [-0.1, -0.05) is 6.07 Å². The van der Waals surface area contributed by atoms with Crippen molar-refractivity contribution in [2.75, 3.05) is 0 Å². The molecule has 0 radical (unpaired) electrons. The fraction of sp³-hybridized carbons (Fsp3) is 0.444. The van der Waals surface area contributed by atoms with Crippen molar-refractivity contribution in [2.45, 2.75) is 25.9 Å². The lowest BCUT2D eigenvalue weighted by molar-refractivity contribution is -0.125. The molecule has 0 fully saturated rings. The molecule has 0 aliphatic carbocycles. The molecular weight excluding hydrogens is 184 g/mol. The second-order valence-electron chi connectivity index (χ2n) is 3.48. The second-order valence-corrected chi connectivity index (χ2v) is 4.52. The Hall–Kier alpha value is -0.870. The highest BCUT2D eigenvalue weighted by atomic mass is 32.1. The van der Waals surface area contributed by atoms with Crippen LogP contribution in [0.2, 0.25) is 0 Å². The molecule has 1 rings (SSSR count). The van der Waals surface area contributed by atoms with Crippen molar-refractivity contribution in [3.63, 3.8) is 0 Å². The number of carbonyl (C=O) groups excluding carboxylic acids is 1. The Bertz CT molecular complexity index is 274. The van der Waals surface area contributed by atoms with Gasteiger partial charge in [-0.15, -0.1) is 11.3 Å². The molecule has 1 heterocycles. The predicted molar refractivity (Wildman–Crippen MR) is 54.4 cm³/mol. The normalized spacial score (nSPS) is 11.3. The van der Waals surface area contributed by atoms with E-state index in [9.17, 15) is 4.79 Å². The van der Waals surface area contributed by atoms with Gasteiger partial charge in [0, 0.05) is 4.88 Å². The van der Waals surface area contributed by atoms with E-state index < -0.39 is 5.54 Å². The third-order valence-corrected chi connectivity index (χ3v) is 2.46. The lowest BCUT2D eigenvalue weighted by Gasteiger charge is -2.17. The Morgan fingerprint density at radius 1 is 1.69 bits per heavy atom. The van der Waals surface area contributed by atoms with Crippen LogP contribution in [0.4, 0.5) is 0 Å². The predicted octanol–water partition coefficient (Wildman–Crippen LogP) is 1.10. The molecule has 0 aliphatic heterocycles. The summed E-state index contributed by atoms with van der Waals surface area (Å²) in [4.78, 5) is 12.5. The van der Waals surface area contributed by atoms with Gasteiger partial charge in [-0.05, 0) is 25.3 Å². The monoisotopic (exact) mass is 198 g/mol. The number of nitrogens with two attached hydrogens (primary N) is 1. The number of rotatable bonds is 3. The van der Waals surface area contributed by atoms with E-state index in [1.165, 1.54) is 0 Å². The topological polar surface area (TPSA) is 55.1 Å². The van der Waals surface area contributed by atoms with Crippen LogP contribution in [0.5, 0.6) is 0 Å². The first kappa shape index (κ1) is 10.2. The molecule has 3 nitrogen and oxygen atoms in total. The molecule has 0 spiro atoms. The zero-order valence-electron chi connectivity index (χ0n) is 7.83. The first-order chi connectivity index (χ1) is 6.00. The van der Waals surface area contributed by atoms with Crippen molar-refractivity contribution < 1.29 is 4.79 Å². The number of amides is 1. The van der Waals surface area contributed by atoms with Crippen LogP contribution in [0.3, 0.4) is 0 Å². The Balaban J connectivity index is 2.40. The van der Waals surface area contributed by atoms with Gasteiger partial charge in [0.15, 0.2) is 0 Å². The third kappa shape index (κ3) is 3.16. The maximum Gasteiger partial charge on any atom is 0.239 e. The quantitative estimate of drug-likeness (QED) is 0.764. The lowest BCUT2D eigenvalue weighted by Crippen LogP contribution is -2.48. The van der Waals surface area contributed by atoms with Crippen LogP contribution in [-0.4, -0.2) is 11.4 Å². The molecule has 13 heavy (non-hydrogen) atoms. The van der Waals surface area contributed by atoms with Crippen molar-refractivity contribution in [1.29, 1.82) is 0 Å². The number of hydrogen-bond donors (Lipinski definition) is 2. The number of thiophene rings is 1. The molecule has 1 aromatic heterocycles. The summed E-state index contributed by atoms with van der Waals surface area (Å²) in [5.74, 6) is -0.124. The van der Waals surface area contributed by atoms with Crippen LogP contribution in [0, 0.1) is 0 Å². The van der Waals surface area contributed by atoms with Crippen molar-refractivity contribution in [3.8, 4) is 0 Å². The average molecular weight is 198 g/mol. The Labute approximate surface area is 81.9 Å². The molecule has 0 unspecified atom stereocenters. The number of nitrogens with one attached hydrogen (secondary N) is 1. The first-order valence-corrected chi connectivity index (χ1v) is 4.97. The Morgan fingerprint density at radius 3 is 2.85 bits per heavy atom. The summed E-state index contributed by atoms with van der Waals surface area (Å²) in [5.41, 5.74) is 4.82. The van der Waals surface area contributed by atoms with E-state index in [1.807, 2.05) is 17.5 Å². The van der Waals surface area contributed by atoms with Crippen molar-refractivity contribution >= 4 is 17.2 Å². The van der Waals surface area contributed by atoms with Gasteiger partial charge in [0.1, 0.15) is 0 Å². The number of carbonyl (C=O) groups is 1. The average Bonchev–Trinajstić information content (AvgIpc) is 2.50. The molecule has 1 amide bonds. The summed E-state index contributed by atoms with van der Waals surface area (Å²) in [6.45, 7) is 3.95. The van der Waals surface area contributed by atoms with Crippen molar-refractivity contribution in [2.24, 2.45) is 5.73 Å². The van der Waals surface area contributed by atoms with E-state index in [-0.39, 0.29) is 5.91 Å². The second kappa shape index (κ2) is 3.89. The lowest BCUT2D eigenvalue weighted by atomic mass is 10.1. The molecule has 4 heteroatoms.